The monoisotopic (exact) mass is 316 g/mol. The minimum Gasteiger partial charge on any atom is -0.348 e. The fourth-order valence-corrected chi connectivity index (χ4v) is 2.64. The Hall–Kier alpha value is -2.14. The maximum absolute atomic E-state index is 12.2. The van der Waals surface area contributed by atoms with Crippen LogP contribution in [0.5, 0.6) is 0 Å². The van der Waals surface area contributed by atoms with Crippen LogP contribution in [0.1, 0.15) is 40.7 Å². The highest BCUT2D eigenvalue weighted by molar-refractivity contribution is 7.12. The SMILES string of the molecule is Cc1ccc(C(C)NC(=O)C(C)NC(=O)c2cccs2)cc1. The zero-order valence-corrected chi connectivity index (χ0v) is 13.7. The number of nitrogens with one attached hydrogen (secondary N) is 2. The van der Waals surface area contributed by atoms with Crippen molar-refractivity contribution in [3.63, 3.8) is 0 Å². The normalized spacial score (nSPS) is 13.2. The fourth-order valence-electron chi connectivity index (χ4n) is 2.02. The van der Waals surface area contributed by atoms with Crippen molar-refractivity contribution in [3.05, 3.63) is 57.8 Å². The predicted octanol–water partition coefficient (Wildman–Crippen LogP) is 3.05. The Morgan fingerprint density at radius 1 is 1.05 bits per heavy atom. The molecule has 2 N–H and O–H groups in total. The molecule has 2 amide bonds. The van der Waals surface area contributed by atoms with Gasteiger partial charge in [0.15, 0.2) is 0 Å². The summed E-state index contributed by atoms with van der Waals surface area (Å²) in [6, 6.07) is 10.9. The molecule has 2 rings (SSSR count). The second-order valence-corrected chi connectivity index (χ2v) is 6.26. The molecule has 1 aromatic carbocycles. The van der Waals surface area contributed by atoms with Crippen LogP contribution >= 0.6 is 11.3 Å². The number of rotatable bonds is 5. The highest BCUT2D eigenvalue weighted by atomic mass is 32.1. The van der Waals surface area contributed by atoms with Gasteiger partial charge in [0.05, 0.1) is 10.9 Å². The van der Waals surface area contributed by atoms with Crippen LogP contribution in [0.4, 0.5) is 0 Å². The number of hydrogen-bond donors (Lipinski definition) is 2. The molecular formula is C17H20N2O2S. The Morgan fingerprint density at radius 3 is 2.32 bits per heavy atom. The van der Waals surface area contributed by atoms with Crippen molar-refractivity contribution in [1.82, 2.24) is 10.6 Å². The van der Waals surface area contributed by atoms with Crippen LogP contribution < -0.4 is 10.6 Å². The second-order valence-electron chi connectivity index (χ2n) is 5.31. The van der Waals surface area contributed by atoms with Crippen molar-refractivity contribution in [2.24, 2.45) is 0 Å². The molecule has 1 heterocycles. The third kappa shape index (κ3) is 4.18. The van der Waals surface area contributed by atoms with Crippen LogP contribution in [0.25, 0.3) is 0 Å². The molecule has 0 bridgehead atoms. The summed E-state index contributed by atoms with van der Waals surface area (Å²) in [6.07, 6.45) is 0. The molecule has 5 heteroatoms. The van der Waals surface area contributed by atoms with E-state index in [0.717, 1.165) is 5.56 Å². The van der Waals surface area contributed by atoms with Gasteiger partial charge >= 0.3 is 0 Å². The summed E-state index contributed by atoms with van der Waals surface area (Å²) in [6.45, 7) is 5.63. The van der Waals surface area contributed by atoms with Gasteiger partial charge in [-0.2, -0.15) is 0 Å². The first-order chi connectivity index (χ1) is 10.5. The number of carbonyl (C=O) groups excluding carboxylic acids is 2. The molecular weight excluding hydrogens is 296 g/mol. The largest absolute Gasteiger partial charge is 0.348 e. The zero-order chi connectivity index (χ0) is 16.1. The first-order valence-electron chi connectivity index (χ1n) is 7.18. The molecule has 0 radical (unpaired) electrons. The molecule has 1 aromatic heterocycles. The van der Waals surface area contributed by atoms with Gasteiger partial charge in [-0.1, -0.05) is 35.9 Å². The lowest BCUT2D eigenvalue weighted by atomic mass is 10.1. The quantitative estimate of drug-likeness (QED) is 0.890. The summed E-state index contributed by atoms with van der Waals surface area (Å²) >= 11 is 1.35. The molecule has 2 unspecified atom stereocenters. The molecule has 2 atom stereocenters. The van der Waals surface area contributed by atoms with Gasteiger partial charge in [0.25, 0.3) is 5.91 Å². The molecule has 0 saturated carbocycles. The molecule has 0 aliphatic heterocycles. The number of carbonyl (C=O) groups is 2. The summed E-state index contributed by atoms with van der Waals surface area (Å²) in [4.78, 5) is 24.7. The van der Waals surface area contributed by atoms with Crippen molar-refractivity contribution in [2.45, 2.75) is 32.9 Å². The molecule has 22 heavy (non-hydrogen) atoms. The van der Waals surface area contributed by atoms with Crippen molar-refractivity contribution in [1.29, 1.82) is 0 Å². The first-order valence-corrected chi connectivity index (χ1v) is 8.06. The van der Waals surface area contributed by atoms with Crippen molar-refractivity contribution in [2.75, 3.05) is 0 Å². The van der Waals surface area contributed by atoms with Gasteiger partial charge in [0.2, 0.25) is 5.91 Å². The third-order valence-corrected chi connectivity index (χ3v) is 4.29. The van der Waals surface area contributed by atoms with E-state index in [1.54, 1.807) is 13.0 Å². The predicted molar refractivity (Wildman–Crippen MR) is 89.0 cm³/mol. The second kappa shape index (κ2) is 7.22. The molecule has 0 aliphatic carbocycles. The summed E-state index contributed by atoms with van der Waals surface area (Å²) in [5.41, 5.74) is 2.22. The van der Waals surface area contributed by atoms with E-state index in [1.165, 1.54) is 16.9 Å². The van der Waals surface area contributed by atoms with Crippen LogP contribution in [0, 0.1) is 6.92 Å². The topological polar surface area (TPSA) is 58.2 Å². The van der Waals surface area contributed by atoms with Gasteiger partial charge in [0, 0.05) is 0 Å². The van der Waals surface area contributed by atoms with E-state index in [4.69, 9.17) is 0 Å². The van der Waals surface area contributed by atoms with E-state index in [-0.39, 0.29) is 17.9 Å². The lowest BCUT2D eigenvalue weighted by Crippen LogP contribution is -2.45. The number of hydrogen-bond acceptors (Lipinski definition) is 3. The van der Waals surface area contributed by atoms with E-state index >= 15 is 0 Å². The Balaban J connectivity index is 1.90. The van der Waals surface area contributed by atoms with Crippen LogP contribution in [0.3, 0.4) is 0 Å². The Kier molecular flexibility index (Phi) is 5.33. The van der Waals surface area contributed by atoms with Gasteiger partial charge in [-0.15, -0.1) is 11.3 Å². The van der Waals surface area contributed by atoms with E-state index in [0.29, 0.717) is 4.88 Å². The maximum atomic E-state index is 12.2. The highest BCUT2D eigenvalue weighted by Gasteiger charge is 2.19. The summed E-state index contributed by atoms with van der Waals surface area (Å²) in [7, 11) is 0. The van der Waals surface area contributed by atoms with E-state index in [9.17, 15) is 9.59 Å². The van der Waals surface area contributed by atoms with Gasteiger partial charge in [-0.25, -0.2) is 0 Å². The minimum absolute atomic E-state index is 0.103. The number of thiophene rings is 1. The Labute approximate surface area is 134 Å². The van der Waals surface area contributed by atoms with Crippen molar-refractivity contribution in [3.8, 4) is 0 Å². The lowest BCUT2D eigenvalue weighted by Gasteiger charge is -2.18. The van der Waals surface area contributed by atoms with Gasteiger partial charge in [-0.05, 0) is 37.8 Å². The molecule has 0 aliphatic rings. The van der Waals surface area contributed by atoms with E-state index in [2.05, 4.69) is 10.6 Å². The Bertz CT molecular complexity index is 635. The van der Waals surface area contributed by atoms with Gasteiger partial charge in [-0.3, -0.25) is 9.59 Å². The minimum atomic E-state index is -0.581. The molecule has 0 fully saturated rings. The average Bonchev–Trinajstić information content (AvgIpc) is 3.02. The van der Waals surface area contributed by atoms with E-state index < -0.39 is 6.04 Å². The number of benzene rings is 1. The van der Waals surface area contributed by atoms with Crippen molar-refractivity contribution < 1.29 is 9.59 Å². The smallest absolute Gasteiger partial charge is 0.261 e. The van der Waals surface area contributed by atoms with Crippen LogP contribution in [-0.2, 0) is 4.79 Å². The standard InChI is InChI=1S/C17H20N2O2S/c1-11-6-8-14(9-7-11)12(2)18-16(20)13(3)19-17(21)15-5-4-10-22-15/h4-10,12-13H,1-3H3,(H,18,20)(H,19,21). The molecule has 0 spiro atoms. The van der Waals surface area contributed by atoms with Crippen LogP contribution in [-0.4, -0.2) is 17.9 Å². The summed E-state index contributed by atoms with van der Waals surface area (Å²) < 4.78 is 0. The van der Waals surface area contributed by atoms with Crippen molar-refractivity contribution >= 4 is 23.2 Å². The zero-order valence-electron chi connectivity index (χ0n) is 12.9. The number of amides is 2. The highest BCUT2D eigenvalue weighted by Crippen LogP contribution is 2.13. The molecule has 0 saturated heterocycles. The summed E-state index contributed by atoms with van der Waals surface area (Å²) in [5.74, 6) is -0.418. The fraction of sp³-hybridized carbons (Fsp3) is 0.294. The lowest BCUT2D eigenvalue weighted by molar-refractivity contribution is -0.123. The Morgan fingerprint density at radius 2 is 1.73 bits per heavy atom. The molecule has 4 nitrogen and oxygen atoms in total. The number of aryl methyl sites for hydroxylation is 1. The van der Waals surface area contributed by atoms with Gasteiger partial charge < -0.3 is 10.6 Å². The third-order valence-electron chi connectivity index (χ3n) is 3.42. The van der Waals surface area contributed by atoms with Crippen LogP contribution in [0.15, 0.2) is 41.8 Å². The first kappa shape index (κ1) is 16.2. The average molecular weight is 316 g/mol. The van der Waals surface area contributed by atoms with E-state index in [1.807, 2.05) is 49.6 Å². The molecule has 116 valence electrons. The van der Waals surface area contributed by atoms with Gasteiger partial charge in [0.1, 0.15) is 6.04 Å². The maximum Gasteiger partial charge on any atom is 0.261 e. The van der Waals surface area contributed by atoms with Crippen LogP contribution in [0.2, 0.25) is 0 Å². The molecule has 2 aromatic rings. The summed E-state index contributed by atoms with van der Waals surface area (Å²) in [5, 5.41) is 7.46.